The molecule has 0 aliphatic rings. The van der Waals surface area contributed by atoms with Crippen LogP contribution in [0.15, 0.2) is 0 Å². The van der Waals surface area contributed by atoms with Crippen LogP contribution in [-0.2, 0) is 78.8 Å². The van der Waals surface area contributed by atoms with E-state index in [9.17, 15) is 0 Å². The Balaban J connectivity index is -0.0000000270. The van der Waals surface area contributed by atoms with Crippen molar-refractivity contribution in [3.63, 3.8) is 0 Å². The van der Waals surface area contributed by atoms with Crippen LogP contribution >= 0.6 is 0 Å². The van der Waals surface area contributed by atoms with Crippen molar-refractivity contribution in [3.05, 3.63) is 0 Å². The maximum atomic E-state index is 8.44. The molecule has 0 aliphatic carbocycles. The third-order valence-corrected chi connectivity index (χ3v) is 0. The fourth-order valence-corrected chi connectivity index (χ4v) is 0. The summed E-state index contributed by atoms with van der Waals surface area (Å²) in [4.78, 5) is 0. The Bertz CT molecular complexity index is 116. The number of hydrogen-bond acceptors (Lipinski definition) is 9. The van der Waals surface area contributed by atoms with Crippen LogP contribution in [0, 0.1) is 0 Å². The van der Waals surface area contributed by atoms with Gasteiger partial charge < -0.3 is 27.3 Å². The third kappa shape index (κ3) is 772. The molecule has 0 aromatic carbocycles. The summed E-state index contributed by atoms with van der Waals surface area (Å²) < 4.78 is 76.0. The van der Waals surface area contributed by atoms with Crippen LogP contribution in [0.3, 0.4) is 0 Å². The molecule has 14 heteroatoms. The van der Waals surface area contributed by atoms with Gasteiger partial charge in [-0.2, -0.15) is 0 Å². The summed E-state index contributed by atoms with van der Waals surface area (Å²) in [5, 5.41) is 0. The minimum Gasteiger partial charge on any atom is -0.784 e. The molecule has 0 heterocycles. The van der Waals surface area contributed by atoms with Crippen molar-refractivity contribution in [1.82, 2.24) is 0 Å². The molecular formula is Au2O9S3. The Morgan fingerprint density at radius 1 is 0.500 bits per heavy atom. The molecule has 0 radical (unpaired) electrons. The predicted octanol–water partition coefficient (Wildman–Crippen LogP) is -3.02. The molecule has 0 saturated heterocycles. The average molecular weight is 634 g/mol. The van der Waals surface area contributed by atoms with E-state index in [0.29, 0.717) is 0 Å². The fraction of sp³-hybridized carbons (Fsp3) is 0. The molecule has 0 fully saturated rings. The predicted molar refractivity (Wildman–Crippen MR) is 29.1 cm³/mol. The van der Waals surface area contributed by atoms with E-state index in [1.54, 1.807) is 0 Å². The van der Waals surface area contributed by atoms with Crippen molar-refractivity contribution in [2.75, 3.05) is 0 Å². The van der Waals surface area contributed by atoms with E-state index in [4.69, 9.17) is 39.9 Å². The molecule has 0 aliphatic heterocycles. The standard InChI is InChI=1S/2Au.3H2O3S/c;;3*1-4(2)3/h;;3*(H2,1,2,3)/q2*+3;;;/p-6. The molecule has 0 bridgehead atoms. The summed E-state index contributed by atoms with van der Waals surface area (Å²) in [6.45, 7) is 0. The van der Waals surface area contributed by atoms with Gasteiger partial charge in [0, 0.05) is 0 Å². The van der Waals surface area contributed by atoms with Crippen LogP contribution in [0.5, 0.6) is 0 Å². The van der Waals surface area contributed by atoms with Gasteiger partial charge in [0.05, 0.1) is 0 Å². The zero-order valence-corrected chi connectivity index (χ0v) is 12.3. The summed E-state index contributed by atoms with van der Waals surface area (Å²) in [7, 11) is 0. The van der Waals surface area contributed by atoms with Gasteiger partial charge in [-0.05, 0) is 0 Å². The van der Waals surface area contributed by atoms with Crippen molar-refractivity contribution in [2.45, 2.75) is 0 Å². The smallest absolute Gasteiger partial charge is 0.784 e. The molecule has 9 nitrogen and oxygen atoms in total. The molecule has 0 N–H and O–H groups in total. The van der Waals surface area contributed by atoms with E-state index in [-0.39, 0.29) is 44.8 Å². The van der Waals surface area contributed by atoms with Crippen LogP contribution in [0.4, 0.5) is 0 Å². The summed E-state index contributed by atoms with van der Waals surface area (Å²) in [5.41, 5.74) is 0. The molecule has 0 unspecified atom stereocenters. The molecular weight excluding hydrogens is 634 g/mol. The van der Waals surface area contributed by atoms with Gasteiger partial charge in [-0.1, -0.05) is 0 Å². The van der Waals surface area contributed by atoms with Gasteiger partial charge in [0.2, 0.25) is 0 Å². The molecule has 0 rings (SSSR count). The van der Waals surface area contributed by atoms with E-state index < -0.39 is 34.1 Å². The first-order valence-electron chi connectivity index (χ1n) is 1.50. The Labute approximate surface area is 118 Å². The Morgan fingerprint density at radius 2 is 0.500 bits per heavy atom. The van der Waals surface area contributed by atoms with Gasteiger partial charge in [-0.25, -0.2) is 0 Å². The maximum Gasteiger partial charge on any atom is 3.00 e. The monoisotopic (exact) mass is 634 g/mol. The quantitative estimate of drug-likeness (QED) is 0.197. The van der Waals surface area contributed by atoms with Crippen molar-refractivity contribution in [1.29, 1.82) is 0 Å². The first-order valence-corrected chi connectivity index (χ1v) is 4.50. The second-order valence-corrected chi connectivity index (χ2v) is 1.84. The molecule has 0 amide bonds. The largest absolute Gasteiger partial charge is 3.00 e. The SMILES string of the molecule is O=S([O-])[O-].O=S([O-])[O-].O=S([O-])[O-].[Au+3].[Au+3]. The molecule has 0 aromatic heterocycles. The first kappa shape index (κ1) is 29.6. The van der Waals surface area contributed by atoms with Gasteiger partial charge >= 0.3 is 44.8 Å². The minimum absolute atomic E-state index is 0. The Morgan fingerprint density at radius 3 is 0.500 bits per heavy atom. The number of hydrogen-bond donors (Lipinski definition) is 0. The molecule has 0 spiro atoms. The zero-order valence-electron chi connectivity index (χ0n) is 5.50. The van der Waals surface area contributed by atoms with Crippen molar-refractivity contribution in [3.8, 4) is 0 Å². The Kier molecular flexibility index (Phi) is 51.0. The maximum absolute atomic E-state index is 8.44. The second-order valence-electron chi connectivity index (χ2n) is 0.612. The van der Waals surface area contributed by atoms with Gasteiger partial charge in [0.15, 0.2) is 0 Å². The van der Waals surface area contributed by atoms with E-state index in [0.717, 1.165) is 0 Å². The van der Waals surface area contributed by atoms with E-state index in [2.05, 4.69) is 0 Å². The number of rotatable bonds is 0. The van der Waals surface area contributed by atoms with Crippen LogP contribution in [-0.4, -0.2) is 39.9 Å². The Hall–Kier alpha value is 1.69. The first-order chi connectivity index (χ1) is 5.20. The average Bonchev–Trinajstić information content (AvgIpc) is 1.54. The molecule has 94 valence electrons. The summed E-state index contributed by atoms with van der Waals surface area (Å²) in [5.74, 6) is 0. The van der Waals surface area contributed by atoms with Gasteiger partial charge in [0.25, 0.3) is 0 Å². The third-order valence-electron chi connectivity index (χ3n) is 0. The normalized spacial score (nSPS) is 7.50. The van der Waals surface area contributed by atoms with E-state index in [1.807, 2.05) is 0 Å². The van der Waals surface area contributed by atoms with Gasteiger partial charge in [0.1, 0.15) is 0 Å². The summed E-state index contributed by atoms with van der Waals surface area (Å²) in [6, 6.07) is 0. The summed E-state index contributed by atoms with van der Waals surface area (Å²) in [6.07, 6.45) is 0. The van der Waals surface area contributed by atoms with Crippen LogP contribution < -0.4 is 0 Å². The van der Waals surface area contributed by atoms with Gasteiger partial charge in [-0.15, -0.1) is 34.1 Å². The van der Waals surface area contributed by atoms with Crippen LogP contribution in [0.2, 0.25) is 0 Å². The van der Waals surface area contributed by atoms with Gasteiger partial charge in [-0.3, -0.25) is 12.6 Å². The molecule has 14 heavy (non-hydrogen) atoms. The van der Waals surface area contributed by atoms with Crippen molar-refractivity contribution >= 4 is 34.1 Å². The zero-order chi connectivity index (χ0) is 10.7. The molecule has 0 atom stereocenters. The topological polar surface area (TPSA) is 190 Å². The fourth-order valence-electron chi connectivity index (χ4n) is 0. The van der Waals surface area contributed by atoms with Crippen LogP contribution in [0.25, 0.3) is 0 Å². The van der Waals surface area contributed by atoms with E-state index in [1.165, 1.54) is 0 Å². The van der Waals surface area contributed by atoms with Crippen LogP contribution in [0.1, 0.15) is 0 Å². The molecule has 0 aromatic rings. The molecule has 0 saturated carbocycles. The minimum atomic E-state index is -3.11. The summed E-state index contributed by atoms with van der Waals surface area (Å²) >= 11 is -9.33. The van der Waals surface area contributed by atoms with Crippen molar-refractivity contribution in [2.24, 2.45) is 0 Å². The second kappa shape index (κ2) is 24.1. The van der Waals surface area contributed by atoms with E-state index >= 15 is 0 Å². The van der Waals surface area contributed by atoms with Crippen molar-refractivity contribution < 1.29 is 84.7 Å².